The molecule has 0 spiro atoms. The highest BCUT2D eigenvalue weighted by molar-refractivity contribution is 5.96. The van der Waals surface area contributed by atoms with Gasteiger partial charge >= 0.3 is 5.97 Å². The molecule has 1 fully saturated rings. The molecule has 136 valence electrons. The molecule has 0 saturated carbocycles. The first kappa shape index (κ1) is 17.9. The lowest BCUT2D eigenvalue weighted by Crippen LogP contribution is -2.34. The Kier molecular flexibility index (Phi) is 5.86. The van der Waals surface area contributed by atoms with Crippen LogP contribution in [0, 0.1) is 0 Å². The smallest absolute Gasteiger partial charge is 0.340 e. The number of hydrogen-bond acceptors (Lipinski definition) is 5. The molecule has 1 atom stereocenters. The van der Waals surface area contributed by atoms with Crippen molar-refractivity contribution in [2.24, 2.45) is 0 Å². The van der Waals surface area contributed by atoms with Gasteiger partial charge < -0.3 is 20.1 Å². The number of esters is 1. The van der Waals surface area contributed by atoms with E-state index in [1.54, 1.807) is 29.2 Å². The second-order valence-electron chi connectivity index (χ2n) is 6.24. The number of aliphatic hydroxyl groups is 1. The van der Waals surface area contributed by atoms with E-state index in [0.29, 0.717) is 30.8 Å². The van der Waals surface area contributed by atoms with Gasteiger partial charge in [0.15, 0.2) is 0 Å². The number of para-hydroxylation sites is 1. The summed E-state index contributed by atoms with van der Waals surface area (Å²) in [5.41, 5.74) is 1.85. The highest BCUT2D eigenvalue weighted by Crippen LogP contribution is 2.17. The number of aliphatic hydroxyl groups excluding tert-OH is 1. The van der Waals surface area contributed by atoms with Crippen LogP contribution in [0.4, 0.5) is 5.69 Å². The van der Waals surface area contributed by atoms with Gasteiger partial charge in [-0.25, -0.2) is 4.79 Å². The molecule has 0 radical (unpaired) electrons. The minimum atomic E-state index is -0.445. The van der Waals surface area contributed by atoms with Crippen LogP contribution in [0.15, 0.2) is 54.6 Å². The van der Waals surface area contributed by atoms with Gasteiger partial charge in [0.05, 0.1) is 18.2 Å². The number of anilines is 1. The van der Waals surface area contributed by atoms with Gasteiger partial charge in [-0.1, -0.05) is 42.5 Å². The number of β-amino-alcohol motifs (C(OH)–C–C–N with tert-alkyl or cyclic N) is 1. The van der Waals surface area contributed by atoms with E-state index in [-0.39, 0.29) is 19.1 Å². The first-order valence-corrected chi connectivity index (χ1v) is 8.63. The van der Waals surface area contributed by atoms with Crippen molar-refractivity contribution in [1.29, 1.82) is 0 Å². The fourth-order valence-electron chi connectivity index (χ4n) is 2.87. The number of amides is 1. The number of hydrogen-bond donors (Lipinski definition) is 2. The number of carbonyl (C=O) groups is 2. The molecular weight excluding hydrogens is 332 g/mol. The Morgan fingerprint density at radius 1 is 1.12 bits per heavy atom. The molecule has 2 N–H and O–H groups in total. The minimum absolute atomic E-state index is 0.0652. The maximum absolute atomic E-state index is 12.4. The molecule has 1 aliphatic rings. The number of benzene rings is 2. The molecule has 26 heavy (non-hydrogen) atoms. The largest absolute Gasteiger partial charge is 0.457 e. The summed E-state index contributed by atoms with van der Waals surface area (Å²) >= 11 is 0. The third-order valence-corrected chi connectivity index (χ3v) is 4.31. The van der Waals surface area contributed by atoms with Gasteiger partial charge in [-0.05, 0) is 24.1 Å². The number of ether oxygens (including phenoxy) is 1. The molecule has 6 nitrogen and oxygen atoms in total. The van der Waals surface area contributed by atoms with Crippen molar-refractivity contribution in [3.63, 3.8) is 0 Å². The molecule has 2 aromatic rings. The Morgan fingerprint density at radius 3 is 2.58 bits per heavy atom. The van der Waals surface area contributed by atoms with Gasteiger partial charge in [0.25, 0.3) is 0 Å². The summed E-state index contributed by atoms with van der Waals surface area (Å²) in [4.78, 5) is 26.2. The average molecular weight is 354 g/mol. The summed E-state index contributed by atoms with van der Waals surface area (Å²) in [7, 11) is 0. The summed E-state index contributed by atoms with van der Waals surface area (Å²) in [6, 6.07) is 16.4. The third-order valence-electron chi connectivity index (χ3n) is 4.31. The van der Waals surface area contributed by atoms with Crippen LogP contribution < -0.4 is 5.32 Å². The third kappa shape index (κ3) is 4.61. The molecule has 1 aliphatic heterocycles. The Bertz CT molecular complexity index is 763. The molecular formula is C20H22N2O4. The first-order chi connectivity index (χ1) is 12.6. The Hall–Kier alpha value is -2.86. The van der Waals surface area contributed by atoms with Gasteiger partial charge in [-0.2, -0.15) is 0 Å². The quantitative estimate of drug-likeness (QED) is 0.776. The molecule has 0 bridgehead atoms. The van der Waals surface area contributed by atoms with Crippen LogP contribution in [-0.2, 0) is 16.1 Å². The van der Waals surface area contributed by atoms with E-state index in [4.69, 9.17) is 4.74 Å². The highest BCUT2D eigenvalue weighted by atomic mass is 16.5. The molecule has 3 rings (SSSR count). The van der Waals surface area contributed by atoms with Crippen LogP contribution in [-0.4, -0.2) is 47.6 Å². The van der Waals surface area contributed by atoms with Crippen molar-refractivity contribution in [2.45, 2.75) is 19.1 Å². The van der Waals surface area contributed by atoms with E-state index in [0.717, 1.165) is 5.56 Å². The minimum Gasteiger partial charge on any atom is -0.457 e. The topological polar surface area (TPSA) is 78.9 Å². The normalized spacial score (nSPS) is 16.3. The van der Waals surface area contributed by atoms with Crippen molar-refractivity contribution in [3.8, 4) is 0 Å². The molecule has 1 saturated heterocycles. The SMILES string of the molecule is O=C(OCc1ccccc1)c1ccccc1NCC(=O)N1CCC(O)C1. The molecule has 1 unspecified atom stereocenters. The summed E-state index contributed by atoms with van der Waals surface area (Å²) in [6.07, 6.45) is 0.160. The lowest BCUT2D eigenvalue weighted by molar-refractivity contribution is -0.128. The zero-order valence-electron chi connectivity index (χ0n) is 14.4. The molecule has 0 aromatic heterocycles. The Labute approximate surface area is 152 Å². The van der Waals surface area contributed by atoms with Crippen LogP contribution in [0.1, 0.15) is 22.3 Å². The molecule has 1 heterocycles. The van der Waals surface area contributed by atoms with Crippen molar-refractivity contribution < 1.29 is 19.4 Å². The van der Waals surface area contributed by atoms with E-state index < -0.39 is 12.1 Å². The number of rotatable bonds is 6. The predicted molar refractivity (Wildman–Crippen MR) is 97.7 cm³/mol. The van der Waals surface area contributed by atoms with Crippen LogP contribution in [0.2, 0.25) is 0 Å². The fraction of sp³-hybridized carbons (Fsp3) is 0.300. The first-order valence-electron chi connectivity index (χ1n) is 8.63. The highest BCUT2D eigenvalue weighted by Gasteiger charge is 2.24. The lowest BCUT2D eigenvalue weighted by atomic mass is 10.1. The lowest BCUT2D eigenvalue weighted by Gasteiger charge is -2.17. The van der Waals surface area contributed by atoms with Gasteiger partial charge in [-0.15, -0.1) is 0 Å². The van der Waals surface area contributed by atoms with Crippen LogP contribution in [0.25, 0.3) is 0 Å². The molecule has 1 amide bonds. The van der Waals surface area contributed by atoms with E-state index in [1.807, 2.05) is 30.3 Å². The van der Waals surface area contributed by atoms with E-state index in [9.17, 15) is 14.7 Å². The fourth-order valence-corrected chi connectivity index (χ4v) is 2.87. The van der Waals surface area contributed by atoms with Crippen molar-refractivity contribution >= 4 is 17.6 Å². The zero-order chi connectivity index (χ0) is 18.4. The van der Waals surface area contributed by atoms with Crippen LogP contribution in [0.5, 0.6) is 0 Å². The standard InChI is InChI=1S/C20H22N2O4/c23-16-10-11-22(13-16)19(24)12-21-18-9-5-4-8-17(18)20(25)26-14-15-6-2-1-3-7-15/h1-9,16,21,23H,10-14H2. The summed E-state index contributed by atoms with van der Waals surface area (Å²) in [5.74, 6) is -0.546. The van der Waals surface area contributed by atoms with Crippen LogP contribution in [0.3, 0.4) is 0 Å². The Balaban J connectivity index is 1.58. The maximum Gasteiger partial charge on any atom is 0.340 e. The number of carbonyl (C=O) groups excluding carboxylic acids is 2. The molecule has 2 aromatic carbocycles. The number of likely N-dealkylation sites (tertiary alicyclic amines) is 1. The van der Waals surface area contributed by atoms with E-state index in [2.05, 4.69) is 5.32 Å². The van der Waals surface area contributed by atoms with Crippen molar-refractivity contribution in [1.82, 2.24) is 4.90 Å². The molecule has 0 aliphatic carbocycles. The average Bonchev–Trinajstić information content (AvgIpc) is 3.12. The Morgan fingerprint density at radius 2 is 1.85 bits per heavy atom. The monoisotopic (exact) mass is 354 g/mol. The summed E-state index contributed by atoms with van der Waals surface area (Å²) in [6.45, 7) is 1.18. The van der Waals surface area contributed by atoms with Crippen LogP contribution >= 0.6 is 0 Å². The van der Waals surface area contributed by atoms with Gasteiger partial charge in [0, 0.05) is 18.8 Å². The van der Waals surface area contributed by atoms with E-state index in [1.165, 1.54) is 0 Å². The number of nitrogens with one attached hydrogen (secondary N) is 1. The number of nitrogens with zero attached hydrogens (tertiary/aromatic N) is 1. The second-order valence-corrected chi connectivity index (χ2v) is 6.24. The van der Waals surface area contributed by atoms with Gasteiger partial charge in [0.2, 0.25) is 5.91 Å². The van der Waals surface area contributed by atoms with Gasteiger partial charge in [-0.3, -0.25) is 4.79 Å². The summed E-state index contributed by atoms with van der Waals surface area (Å²) in [5, 5.41) is 12.5. The second kappa shape index (κ2) is 8.49. The van der Waals surface area contributed by atoms with Crippen molar-refractivity contribution in [3.05, 3.63) is 65.7 Å². The zero-order valence-corrected chi connectivity index (χ0v) is 14.4. The van der Waals surface area contributed by atoms with Gasteiger partial charge in [0.1, 0.15) is 6.61 Å². The maximum atomic E-state index is 12.4. The van der Waals surface area contributed by atoms with E-state index >= 15 is 0 Å². The van der Waals surface area contributed by atoms with Crippen molar-refractivity contribution in [2.75, 3.05) is 25.0 Å². The predicted octanol–water partition coefficient (Wildman–Crippen LogP) is 2.05. The summed E-state index contributed by atoms with van der Waals surface area (Å²) < 4.78 is 5.37. The molecule has 6 heteroatoms.